The van der Waals surface area contributed by atoms with E-state index in [9.17, 15) is 37.2 Å². The van der Waals surface area contributed by atoms with E-state index in [1.165, 1.54) is 44.2 Å². The first-order chi connectivity index (χ1) is 34.3. The average molecular weight is 1150 g/mol. The van der Waals surface area contributed by atoms with Crippen LogP contribution in [0.25, 0.3) is 11.1 Å². The van der Waals surface area contributed by atoms with Crippen molar-refractivity contribution >= 4 is 96.8 Å². The van der Waals surface area contributed by atoms with Crippen LogP contribution in [0.5, 0.6) is 5.75 Å². The molecule has 2 fully saturated rings. The number of anilines is 1. The molecule has 2 aliphatic heterocycles. The third-order valence-corrected chi connectivity index (χ3v) is 14.8. The Labute approximate surface area is 437 Å². The number of carbonyl (C=O) groups excluding carboxylic acids is 6. The number of nitrogens with zero attached hydrogens (tertiary/aromatic N) is 3. The van der Waals surface area contributed by atoms with E-state index in [0.29, 0.717) is 31.5 Å². The molecule has 5 atom stereocenters. The number of esters is 2. The van der Waals surface area contributed by atoms with Crippen molar-refractivity contribution in [3.05, 3.63) is 83.4 Å². The Morgan fingerprint density at radius 1 is 0.944 bits per heavy atom. The van der Waals surface area contributed by atoms with Crippen LogP contribution < -0.4 is 10.1 Å². The van der Waals surface area contributed by atoms with E-state index >= 15 is 0 Å². The molecule has 1 N–H and O–H groups in total. The van der Waals surface area contributed by atoms with E-state index in [0.717, 1.165) is 38.3 Å². The Morgan fingerprint density at radius 3 is 2.21 bits per heavy atom. The maximum atomic E-state index is 13.8. The molecule has 0 aromatic heterocycles. The maximum Gasteiger partial charge on any atom is 0.409 e. The first-order valence-corrected chi connectivity index (χ1v) is 26.9. The molecule has 3 aromatic carbocycles. The smallest absolute Gasteiger partial charge is 0.409 e. The molecule has 3 aliphatic rings. The summed E-state index contributed by atoms with van der Waals surface area (Å²) in [5, 5.41) is 2.78. The summed E-state index contributed by atoms with van der Waals surface area (Å²) < 4.78 is 69.4. The Morgan fingerprint density at radius 2 is 1.60 bits per heavy atom. The van der Waals surface area contributed by atoms with Crippen LogP contribution in [0, 0.1) is 11.8 Å². The van der Waals surface area contributed by atoms with Crippen LogP contribution in [0.4, 0.5) is 20.1 Å². The summed E-state index contributed by atoms with van der Waals surface area (Å²) in [6.07, 6.45) is -4.10. The van der Waals surface area contributed by atoms with Crippen molar-refractivity contribution in [3.63, 3.8) is 0 Å². The fourth-order valence-electron chi connectivity index (χ4n) is 8.46. The molecule has 0 radical (unpaired) electrons. The number of piperidine rings is 1. The van der Waals surface area contributed by atoms with Crippen LogP contribution in [0.15, 0.2) is 66.7 Å². The summed E-state index contributed by atoms with van der Waals surface area (Å²) in [6.45, 7) is 4.07. The number of halogens is 1. The molecule has 20 nitrogen and oxygen atoms in total. The zero-order valence-corrected chi connectivity index (χ0v) is 44.5. The minimum atomic E-state index is -3.51. The Hall–Kier alpha value is -5.37. The first-order valence-electron chi connectivity index (χ1n) is 23.1. The van der Waals surface area contributed by atoms with Gasteiger partial charge in [-0.15, -0.1) is 0 Å². The number of likely N-dealkylation sites (tertiary alicyclic amines) is 1. The van der Waals surface area contributed by atoms with Crippen molar-refractivity contribution in [3.8, 4) is 16.9 Å². The molecular formula is C47H57B2IN4O16S2. The van der Waals surface area contributed by atoms with Crippen LogP contribution >= 0.6 is 34.4 Å². The number of methoxy groups -OCH3 is 1. The minimum absolute atomic E-state index is 0.0322. The van der Waals surface area contributed by atoms with Gasteiger partial charge in [0.15, 0.2) is 6.10 Å². The van der Waals surface area contributed by atoms with Crippen molar-refractivity contribution < 1.29 is 75.0 Å². The number of sulfone groups is 1. The van der Waals surface area contributed by atoms with Crippen molar-refractivity contribution in [2.45, 2.75) is 70.7 Å². The van der Waals surface area contributed by atoms with Crippen LogP contribution in [0.3, 0.4) is 0 Å². The van der Waals surface area contributed by atoms with Crippen LogP contribution in [-0.2, 0) is 63.9 Å². The number of fused-ring (bicyclic) bond motifs is 3. The molecule has 2 saturated heterocycles. The number of hydrogen-bond donors (Lipinski definition) is 1. The predicted octanol–water partition coefficient (Wildman–Crippen LogP) is 5.78. The van der Waals surface area contributed by atoms with Gasteiger partial charge in [0.2, 0.25) is 12.2 Å². The zero-order valence-electron chi connectivity index (χ0n) is 40.7. The molecule has 0 spiro atoms. The minimum Gasteiger partial charge on any atom is -0.459 e. The molecule has 2 heterocycles. The van der Waals surface area contributed by atoms with Gasteiger partial charge in [-0.3, -0.25) is 9.59 Å². The van der Waals surface area contributed by atoms with E-state index in [1.54, 1.807) is 19.9 Å². The number of amides is 4. The molecule has 1 aliphatic carbocycles. The van der Waals surface area contributed by atoms with Crippen LogP contribution in [0.2, 0.25) is 0 Å². The van der Waals surface area contributed by atoms with Gasteiger partial charge in [-0.1, -0.05) is 68.4 Å². The molecule has 0 unspecified atom stereocenters. The SMILES string of the molecule is COC(=O)[C@H]1O[C@@H](Oc2ccc(COC(=O)N(CCS(C)(=O)=O)COC3CCN(C(=O)OB(I)B=S)CC3)cc2NC(=O)CN(C)C(=O)OCC2c3ccccc3-c3ccccc32)[C@H](C)[C@@H](C)[C@@H]1OC(C)=O. The van der Waals surface area contributed by atoms with Crippen molar-refractivity contribution in [1.29, 1.82) is 0 Å². The number of benzene rings is 3. The summed E-state index contributed by atoms with van der Waals surface area (Å²) in [5.41, 5.74) is 4.60. The quantitative estimate of drug-likeness (QED) is 0.0493. The molecule has 0 bridgehead atoms. The van der Waals surface area contributed by atoms with Gasteiger partial charge in [0.05, 0.1) is 12.8 Å². The van der Waals surface area contributed by atoms with E-state index in [4.69, 9.17) is 49.9 Å². The number of rotatable bonds is 19. The molecule has 3 aromatic rings. The van der Waals surface area contributed by atoms with E-state index in [2.05, 4.69) is 5.32 Å². The Bertz CT molecular complexity index is 2550. The molecule has 4 amide bonds. The number of likely N-dealkylation sites (N-methyl/N-ethyl adjacent to an activating group) is 1. The predicted molar refractivity (Wildman–Crippen MR) is 275 cm³/mol. The van der Waals surface area contributed by atoms with Gasteiger partial charge in [0.25, 0.3) is 0 Å². The standard InChI is InChI=1S/C47H57B2IN4O16S2/c1-28-29(2)44(69-42(43(57)63-5)41(28)67-30(3)55)68-39-16-15-31(25-64-46(59)54(21-22-72(6,61)62)27-66-32-17-19-53(20-18-32)47(60)70-49(50)48-71)23-38(39)51-40(56)24-52(4)45(58)65-26-37-35-13-9-7-11-33(35)34-12-8-10-14-36(34)37/h7-16,23,28-29,32,37,41-42,44H,17-22,24-27H2,1-6H3,(H,51,56)/t28-,29-,41+,42+,44-/m1/s1. The second-order valence-corrected chi connectivity index (χ2v) is 21.5. The number of hydrogen-bond acceptors (Lipinski definition) is 17. The Kier molecular flexibility index (Phi) is 19.8. The van der Waals surface area contributed by atoms with Crippen LogP contribution in [-0.4, -0.2) is 160 Å². The average Bonchev–Trinajstić information content (AvgIpc) is 3.67. The van der Waals surface area contributed by atoms with Gasteiger partial charge in [-0.05, 0) is 39.9 Å². The molecule has 0 saturated carbocycles. The molecule has 25 heteroatoms. The summed E-state index contributed by atoms with van der Waals surface area (Å²) in [7, 11) is -0.928. The summed E-state index contributed by atoms with van der Waals surface area (Å²) in [6, 6.07) is 21.7. The van der Waals surface area contributed by atoms with Crippen molar-refractivity contribution in [2.24, 2.45) is 11.8 Å². The first kappa shape index (κ1) is 55.9. The third-order valence-electron chi connectivity index (χ3n) is 12.5. The van der Waals surface area contributed by atoms with Gasteiger partial charge in [0.1, 0.15) is 41.4 Å². The largest absolute Gasteiger partial charge is 0.459 e. The molecule has 386 valence electrons. The van der Waals surface area contributed by atoms with Gasteiger partial charge in [0, 0.05) is 38.0 Å². The number of carbonyl (C=O) groups is 6. The summed E-state index contributed by atoms with van der Waals surface area (Å²) >= 11 is 6.73. The topological polar surface area (TPSA) is 232 Å². The van der Waals surface area contributed by atoms with E-state index in [-0.39, 0.29) is 55.7 Å². The second-order valence-electron chi connectivity index (χ2n) is 17.7. The molecule has 72 heavy (non-hydrogen) atoms. The van der Waals surface area contributed by atoms with E-state index < -0.39 is 87.5 Å². The fourth-order valence-corrected chi connectivity index (χ4v) is 9.28. The maximum absolute atomic E-state index is 13.8. The van der Waals surface area contributed by atoms with Gasteiger partial charge < -0.3 is 33.9 Å². The Balaban J connectivity index is 1.15. The van der Waals surface area contributed by atoms with Gasteiger partial charge >= 0.3 is 160 Å². The zero-order chi connectivity index (χ0) is 52.3. The number of nitrogens with one attached hydrogen (secondary N) is 1. The second kappa shape index (κ2) is 25.5. The summed E-state index contributed by atoms with van der Waals surface area (Å²) in [4.78, 5) is 81.9. The molecule has 6 rings (SSSR count). The monoisotopic (exact) mass is 1150 g/mol. The molecular weight excluding hydrogens is 1090 g/mol. The van der Waals surface area contributed by atoms with E-state index in [1.807, 2.05) is 70.9 Å². The number of ether oxygens (including phenoxy) is 7. The summed E-state index contributed by atoms with van der Waals surface area (Å²) in [5.74, 6) is -3.57. The fraction of sp³-hybridized carbons (Fsp3) is 0.489. The van der Waals surface area contributed by atoms with Crippen LogP contribution in [0.1, 0.15) is 56.2 Å². The van der Waals surface area contributed by atoms with Gasteiger partial charge in [-0.25, -0.2) is 18.0 Å². The normalized spacial score (nSPS) is 19.6. The van der Waals surface area contributed by atoms with Gasteiger partial charge in [-0.2, -0.15) is 0 Å². The third kappa shape index (κ3) is 14.9. The van der Waals surface area contributed by atoms with Crippen molar-refractivity contribution in [1.82, 2.24) is 14.7 Å². The van der Waals surface area contributed by atoms with Crippen molar-refractivity contribution in [2.75, 3.05) is 71.0 Å².